The molecule has 2 aromatic heterocycles. The van der Waals surface area contributed by atoms with Crippen molar-refractivity contribution in [3.8, 4) is 11.3 Å². The summed E-state index contributed by atoms with van der Waals surface area (Å²) >= 11 is 0. The fourth-order valence-electron chi connectivity index (χ4n) is 3.76. The van der Waals surface area contributed by atoms with E-state index in [-0.39, 0.29) is 28.0 Å². The third-order valence-corrected chi connectivity index (χ3v) is 8.04. The Hall–Kier alpha value is -2.77. The van der Waals surface area contributed by atoms with Crippen molar-refractivity contribution < 1.29 is 31.1 Å². The molecular formula is C21H23F4N5O3S. The highest BCUT2D eigenvalue weighted by atomic mass is 32.2. The number of nitrogens with two attached hydrogens (primary N) is 1. The highest BCUT2D eigenvalue weighted by molar-refractivity contribution is 7.90. The summed E-state index contributed by atoms with van der Waals surface area (Å²) in [5.74, 6) is -1.68. The minimum atomic E-state index is -3.05. The largest absolute Gasteiger partial charge is 0.392 e. The fraction of sp³-hybridized carbons (Fsp3) is 0.429. The van der Waals surface area contributed by atoms with E-state index in [9.17, 15) is 31.1 Å². The standard InChI is InChI=1S/C13H8F4N4.C8H15NO3S/c14-8-3-6(12(16)17)1-2-7(8)10-4-9(15)11-5-19-13(18)20-21(10)11;10-7-2-1-5-9(6-7)13(11,12)8-3-4-8/h1-5,12H,(H2,18,20);7-8,10H,1-6H2. The van der Waals surface area contributed by atoms with E-state index in [4.69, 9.17) is 5.73 Å². The topological polar surface area (TPSA) is 114 Å². The molecule has 3 aromatic rings. The van der Waals surface area contributed by atoms with Gasteiger partial charge in [0.05, 0.1) is 23.2 Å². The number of hydrogen-bond donors (Lipinski definition) is 2. The molecule has 3 heterocycles. The van der Waals surface area contributed by atoms with E-state index in [2.05, 4.69) is 10.1 Å². The third kappa shape index (κ3) is 5.00. The maximum atomic E-state index is 14.0. The quantitative estimate of drug-likeness (QED) is 0.531. The van der Waals surface area contributed by atoms with Crippen LogP contribution in [0, 0.1) is 11.6 Å². The maximum absolute atomic E-state index is 14.0. The van der Waals surface area contributed by atoms with Crippen molar-refractivity contribution in [2.75, 3.05) is 18.8 Å². The average molecular weight is 502 g/mol. The van der Waals surface area contributed by atoms with Gasteiger partial charge in [-0.2, -0.15) is 4.31 Å². The Morgan fingerprint density at radius 1 is 1.12 bits per heavy atom. The molecule has 3 N–H and O–H groups in total. The number of fused-ring (bicyclic) bond motifs is 1. The van der Waals surface area contributed by atoms with Crippen LogP contribution < -0.4 is 5.73 Å². The zero-order chi connectivity index (χ0) is 24.6. The zero-order valence-corrected chi connectivity index (χ0v) is 18.7. The van der Waals surface area contributed by atoms with Gasteiger partial charge >= 0.3 is 0 Å². The van der Waals surface area contributed by atoms with Crippen molar-refractivity contribution in [1.82, 2.24) is 18.9 Å². The molecule has 0 amide bonds. The Kier molecular flexibility index (Phi) is 6.78. The molecule has 0 bridgehead atoms. The Bertz CT molecular complexity index is 1300. The van der Waals surface area contributed by atoms with Crippen LogP contribution in [0.1, 0.15) is 37.7 Å². The average Bonchev–Trinajstić information content (AvgIpc) is 3.60. The van der Waals surface area contributed by atoms with E-state index in [0.29, 0.717) is 19.2 Å². The second-order valence-corrected chi connectivity index (χ2v) is 10.4. The number of halogens is 4. The molecule has 0 spiro atoms. The minimum Gasteiger partial charge on any atom is -0.392 e. The normalized spacial score (nSPS) is 19.3. The first-order chi connectivity index (χ1) is 16.1. The van der Waals surface area contributed by atoms with Crippen LogP contribution in [-0.2, 0) is 10.0 Å². The molecule has 5 rings (SSSR count). The number of rotatable bonds is 4. The summed E-state index contributed by atoms with van der Waals surface area (Å²) in [4.78, 5) is 3.65. The molecule has 2 aliphatic rings. The first-order valence-corrected chi connectivity index (χ1v) is 12.1. The van der Waals surface area contributed by atoms with Crippen molar-refractivity contribution in [3.63, 3.8) is 0 Å². The van der Waals surface area contributed by atoms with Gasteiger partial charge in [0.2, 0.25) is 16.0 Å². The van der Waals surface area contributed by atoms with Crippen LogP contribution in [0.3, 0.4) is 0 Å². The molecule has 184 valence electrons. The molecule has 1 saturated heterocycles. The van der Waals surface area contributed by atoms with Crippen LogP contribution >= 0.6 is 0 Å². The lowest BCUT2D eigenvalue weighted by Gasteiger charge is -2.29. The first kappa shape index (κ1) is 24.4. The number of nitrogen functional groups attached to an aromatic ring is 1. The van der Waals surface area contributed by atoms with Crippen molar-refractivity contribution in [1.29, 1.82) is 0 Å². The summed E-state index contributed by atoms with van der Waals surface area (Å²) in [5.41, 5.74) is 4.99. The van der Waals surface area contributed by atoms with Crippen molar-refractivity contribution in [3.05, 3.63) is 47.7 Å². The minimum absolute atomic E-state index is 0.0107. The molecule has 1 unspecified atom stereocenters. The van der Waals surface area contributed by atoms with Crippen molar-refractivity contribution in [2.24, 2.45) is 0 Å². The van der Waals surface area contributed by atoms with Gasteiger partial charge in [0.1, 0.15) is 11.3 Å². The molecule has 8 nitrogen and oxygen atoms in total. The second-order valence-electron chi connectivity index (χ2n) is 8.23. The molecule has 1 aliphatic heterocycles. The van der Waals surface area contributed by atoms with Crippen LogP contribution in [0.5, 0.6) is 0 Å². The van der Waals surface area contributed by atoms with Gasteiger partial charge in [0.25, 0.3) is 6.43 Å². The predicted octanol–water partition coefficient (Wildman–Crippen LogP) is 3.13. The Labute approximate surface area is 193 Å². The highest BCUT2D eigenvalue weighted by Crippen LogP contribution is 2.32. The van der Waals surface area contributed by atoms with Crippen LogP contribution in [0.15, 0.2) is 30.5 Å². The van der Waals surface area contributed by atoms with Gasteiger partial charge in [-0.25, -0.2) is 35.5 Å². The molecule has 1 saturated carbocycles. The number of sulfonamides is 1. The molecule has 13 heteroatoms. The molecular weight excluding hydrogens is 478 g/mol. The van der Waals surface area contributed by atoms with E-state index in [1.165, 1.54) is 4.31 Å². The smallest absolute Gasteiger partial charge is 0.263 e. The van der Waals surface area contributed by atoms with Gasteiger partial charge in [-0.1, -0.05) is 6.07 Å². The van der Waals surface area contributed by atoms with E-state index in [1.807, 2.05) is 0 Å². The fourth-order valence-corrected chi connectivity index (χ4v) is 5.68. The SMILES string of the molecule is Nc1ncc2c(F)cc(-c3ccc(C(F)F)cc3F)n2n1.O=S(=O)(C1CC1)N1CCCC(O)C1. The summed E-state index contributed by atoms with van der Waals surface area (Å²) in [7, 11) is -3.05. The van der Waals surface area contributed by atoms with Gasteiger partial charge in [-0.05, 0) is 37.8 Å². The highest BCUT2D eigenvalue weighted by Gasteiger charge is 2.41. The summed E-state index contributed by atoms with van der Waals surface area (Å²) in [6.07, 6.45) is 1.04. The lowest BCUT2D eigenvalue weighted by atomic mass is 10.1. The molecule has 1 atom stereocenters. The van der Waals surface area contributed by atoms with Gasteiger partial charge in [0, 0.05) is 30.3 Å². The number of hydrogen-bond acceptors (Lipinski definition) is 6. The Morgan fingerprint density at radius 2 is 1.85 bits per heavy atom. The summed E-state index contributed by atoms with van der Waals surface area (Å²) in [6, 6.07) is 3.98. The number of benzene rings is 1. The predicted molar refractivity (Wildman–Crippen MR) is 116 cm³/mol. The second kappa shape index (κ2) is 9.47. The maximum Gasteiger partial charge on any atom is 0.263 e. The summed E-state index contributed by atoms with van der Waals surface area (Å²) < 4.78 is 78.8. The van der Waals surface area contributed by atoms with Crippen LogP contribution in [0.4, 0.5) is 23.5 Å². The van der Waals surface area contributed by atoms with Crippen LogP contribution in [-0.4, -0.2) is 56.9 Å². The molecule has 0 radical (unpaired) electrons. The summed E-state index contributed by atoms with van der Waals surface area (Å²) in [6.45, 7) is 0.898. The van der Waals surface area contributed by atoms with E-state index >= 15 is 0 Å². The number of aliphatic hydroxyl groups is 1. The monoisotopic (exact) mass is 501 g/mol. The zero-order valence-electron chi connectivity index (χ0n) is 17.9. The number of anilines is 1. The lowest BCUT2D eigenvalue weighted by Crippen LogP contribution is -2.43. The van der Waals surface area contributed by atoms with Gasteiger partial charge < -0.3 is 10.8 Å². The third-order valence-electron chi connectivity index (χ3n) is 5.67. The van der Waals surface area contributed by atoms with E-state index < -0.39 is 39.8 Å². The van der Waals surface area contributed by atoms with Crippen molar-refractivity contribution >= 4 is 21.5 Å². The number of alkyl halides is 2. The van der Waals surface area contributed by atoms with Crippen LogP contribution in [0.2, 0.25) is 0 Å². The number of aliphatic hydroxyl groups excluding tert-OH is 1. The van der Waals surface area contributed by atoms with Crippen molar-refractivity contribution in [2.45, 2.75) is 43.5 Å². The number of aromatic nitrogens is 3. The van der Waals surface area contributed by atoms with E-state index in [1.54, 1.807) is 0 Å². The molecule has 2 fully saturated rings. The number of piperidine rings is 1. The lowest BCUT2D eigenvalue weighted by molar-refractivity contribution is 0.108. The van der Waals surface area contributed by atoms with Gasteiger partial charge in [-0.15, -0.1) is 5.10 Å². The number of nitrogens with zero attached hydrogens (tertiary/aromatic N) is 4. The molecule has 1 aliphatic carbocycles. The van der Waals surface area contributed by atoms with Gasteiger partial charge in [0.15, 0.2) is 5.82 Å². The Balaban J connectivity index is 0.000000180. The summed E-state index contributed by atoms with van der Waals surface area (Å²) in [5, 5.41) is 13.0. The Morgan fingerprint density at radius 3 is 2.47 bits per heavy atom. The van der Waals surface area contributed by atoms with Crippen LogP contribution in [0.25, 0.3) is 16.8 Å². The molecule has 34 heavy (non-hydrogen) atoms. The first-order valence-electron chi connectivity index (χ1n) is 10.6. The van der Waals surface area contributed by atoms with E-state index in [0.717, 1.165) is 54.6 Å². The molecule has 1 aromatic carbocycles. The van der Waals surface area contributed by atoms with Gasteiger partial charge in [-0.3, -0.25) is 0 Å². The number of β-amino-alcohol motifs (C(OH)–C–C–N with tert-alkyl or cyclic N) is 1.